The van der Waals surface area contributed by atoms with Crippen LogP contribution in [-0.2, 0) is 16.0 Å². The second kappa shape index (κ2) is 16.7. The molecule has 2 heterocycles. The van der Waals surface area contributed by atoms with Crippen molar-refractivity contribution in [2.45, 2.75) is 65.5 Å². The predicted octanol–water partition coefficient (Wildman–Crippen LogP) is 5.11. The number of carbonyl (C=O) groups excluding carboxylic acids is 3. The molecule has 3 N–H and O–H groups in total. The fraction of sp³-hybridized carbons (Fsp3) is 0.548. The van der Waals surface area contributed by atoms with Crippen molar-refractivity contribution < 1.29 is 23.9 Å². The van der Waals surface area contributed by atoms with Crippen molar-refractivity contribution in [3.05, 3.63) is 53.9 Å². The first-order chi connectivity index (χ1) is 20.1. The van der Waals surface area contributed by atoms with Crippen molar-refractivity contribution in [2.24, 2.45) is 0 Å². The standard InChI is InChI=1S/C31H46N6O5/c1-5-15-32-29(39)37(17-10-6-9-16-36-18-20-41-21-19-36)23-24-13-14-27(33-22-24)28(38)34-25-11-7-8-12-26(25)35-30(40)42-31(2,3)4/h7-8,11-14,22H,5-6,9-10,15-21,23H2,1-4H3,(H,32,39)(H,34,38)(H,35,40). The van der Waals surface area contributed by atoms with E-state index >= 15 is 0 Å². The van der Waals surface area contributed by atoms with Crippen LogP contribution in [0.1, 0.15) is 69.4 Å². The summed E-state index contributed by atoms with van der Waals surface area (Å²) in [5.74, 6) is -0.419. The number of hydrogen-bond donors (Lipinski definition) is 3. The van der Waals surface area contributed by atoms with Gasteiger partial charge >= 0.3 is 12.1 Å². The molecule has 1 aliphatic heterocycles. The molecule has 1 aliphatic rings. The van der Waals surface area contributed by atoms with Gasteiger partial charge in [0.15, 0.2) is 0 Å². The summed E-state index contributed by atoms with van der Waals surface area (Å²) in [5, 5.41) is 8.45. The molecule has 0 atom stereocenters. The SMILES string of the molecule is CCCNC(=O)N(CCCCCN1CCOCC1)Cc1ccc(C(=O)Nc2ccccc2NC(=O)OC(C)(C)C)nc1. The number of unbranched alkanes of at least 4 members (excludes halogenated alkanes) is 2. The van der Waals surface area contributed by atoms with Crippen molar-refractivity contribution in [3.63, 3.8) is 0 Å². The van der Waals surface area contributed by atoms with E-state index in [2.05, 4.69) is 25.8 Å². The molecule has 2 aromatic rings. The zero-order chi connectivity index (χ0) is 30.4. The zero-order valence-electron chi connectivity index (χ0n) is 25.4. The highest BCUT2D eigenvalue weighted by Crippen LogP contribution is 2.23. The van der Waals surface area contributed by atoms with Crippen LogP contribution in [0.2, 0.25) is 0 Å². The molecular weight excluding hydrogens is 536 g/mol. The number of nitrogens with one attached hydrogen (secondary N) is 3. The number of hydrogen-bond acceptors (Lipinski definition) is 7. The lowest BCUT2D eigenvalue weighted by atomic mass is 10.2. The Balaban J connectivity index is 1.55. The highest BCUT2D eigenvalue weighted by Gasteiger charge is 2.19. The van der Waals surface area contributed by atoms with Gasteiger partial charge in [0.1, 0.15) is 11.3 Å². The molecule has 1 aromatic heterocycles. The van der Waals surface area contributed by atoms with Gasteiger partial charge in [0, 0.05) is 38.9 Å². The summed E-state index contributed by atoms with van der Waals surface area (Å²) in [4.78, 5) is 46.6. The van der Waals surface area contributed by atoms with E-state index < -0.39 is 17.6 Å². The minimum atomic E-state index is -0.650. The second-order valence-electron chi connectivity index (χ2n) is 11.3. The van der Waals surface area contributed by atoms with E-state index in [1.165, 1.54) is 0 Å². The number of pyridine rings is 1. The summed E-state index contributed by atoms with van der Waals surface area (Å²) in [6, 6.07) is 10.2. The van der Waals surface area contributed by atoms with Crippen LogP contribution in [0, 0.1) is 0 Å². The molecule has 0 spiro atoms. The Morgan fingerprint density at radius 3 is 2.36 bits per heavy atom. The van der Waals surface area contributed by atoms with Gasteiger partial charge in [-0.1, -0.05) is 31.5 Å². The van der Waals surface area contributed by atoms with Crippen LogP contribution >= 0.6 is 0 Å². The van der Waals surface area contributed by atoms with Crippen LogP contribution in [0.15, 0.2) is 42.6 Å². The molecular formula is C31H46N6O5. The van der Waals surface area contributed by atoms with Crippen LogP contribution in [0.3, 0.4) is 0 Å². The largest absolute Gasteiger partial charge is 0.444 e. The number of ether oxygens (including phenoxy) is 2. The van der Waals surface area contributed by atoms with E-state index in [9.17, 15) is 14.4 Å². The zero-order valence-corrected chi connectivity index (χ0v) is 25.4. The minimum absolute atomic E-state index is 0.0963. The summed E-state index contributed by atoms with van der Waals surface area (Å²) in [5.41, 5.74) is 1.24. The molecule has 0 aliphatic carbocycles. The Kier molecular flexibility index (Phi) is 13.0. The highest BCUT2D eigenvalue weighted by atomic mass is 16.6. The van der Waals surface area contributed by atoms with E-state index in [1.54, 1.807) is 62.2 Å². The lowest BCUT2D eigenvalue weighted by molar-refractivity contribution is 0.0370. The summed E-state index contributed by atoms with van der Waals surface area (Å²) in [7, 11) is 0. The van der Waals surface area contributed by atoms with E-state index in [4.69, 9.17) is 9.47 Å². The van der Waals surface area contributed by atoms with E-state index in [-0.39, 0.29) is 11.7 Å². The smallest absolute Gasteiger partial charge is 0.412 e. The van der Waals surface area contributed by atoms with Gasteiger partial charge in [-0.25, -0.2) is 9.59 Å². The van der Waals surface area contributed by atoms with Crippen molar-refractivity contribution in [2.75, 3.05) is 56.6 Å². The third-order valence-electron chi connectivity index (χ3n) is 6.56. The predicted molar refractivity (Wildman–Crippen MR) is 164 cm³/mol. The lowest BCUT2D eigenvalue weighted by Crippen LogP contribution is -2.40. The molecule has 0 saturated carbocycles. The number of morpholine rings is 1. The molecule has 1 fully saturated rings. The van der Waals surface area contributed by atoms with E-state index in [0.29, 0.717) is 31.0 Å². The van der Waals surface area contributed by atoms with Gasteiger partial charge in [0.2, 0.25) is 0 Å². The Morgan fingerprint density at radius 2 is 1.71 bits per heavy atom. The van der Waals surface area contributed by atoms with Crippen molar-refractivity contribution >= 4 is 29.4 Å². The van der Waals surface area contributed by atoms with Gasteiger partial charge < -0.3 is 25.0 Å². The number of anilines is 2. The summed E-state index contributed by atoms with van der Waals surface area (Å²) in [6.07, 6.45) is 4.91. The average Bonchev–Trinajstić information content (AvgIpc) is 2.96. The maximum atomic E-state index is 13.0. The quantitative estimate of drug-likeness (QED) is 0.281. The minimum Gasteiger partial charge on any atom is -0.444 e. The van der Waals surface area contributed by atoms with E-state index in [0.717, 1.165) is 64.1 Å². The fourth-order valence-corrected chi connectivity index (χ4v) is 4.41. The topological polar surface area (TPSA) is 125 Å². The Hall–Kier alpha value is -3.70. The van der Waals surface area contributed by atoms with Crippen molar-refractivity contribution in [1.82, 2.24) is 20.1 Å². The first kappa shape index (κ1) is 32.8. The summed E-state index contributed by atoms with van der Waals surface area (Å²) < 4.78 is 10.7. The third-order valence-corrected chi connectivity index (χ3v) is 6.56. The molecule has 230 valence electrons. The van der Waals surface area contributed by atoms with Gasteiger partial charge in [-0.3, -0.25) is 20.0 Å². The number of rotatable bonds is 13. The molecule has 42 heavy (non-hydrogen) atoms. The number of para-hydroxylation sites is 2. The number of nitrogens with zero attached hydrogens (tertiary/aromatic N) is 3. The maximum Gasteiger partial charge on any atom is 0.412 e. The second-order valence-corrected chi connectivity index (χ2v) is 11.3. The number of carbonyl (C=O) groups is 3. The van der Waals surface area contributed by atoms with E-state index in [1.807, 2.05) is 13.0 Å². The Labute approximate surface area is 249 Å². The molecule has 1 saturated heterocycles. The molecule has 4 amide bonds. The molecule has 0 unspecified atom stereocenters. The van der Waals surface area contributed by atoms with Gasteiger partial charge in [-0.05, 0) is 70.3 Å². The first-order valence-electron chi connectivity index (χ1n) is 14.8. The Morgan fingerprint density at radius 1 is 1.00 bits per heavy atom. The summed E-state index contributed by atoms with van der Waals surface area (Å²) >= 11 is 0. The van der Waals surface area contributed by atoms with Crippen molar-refractivity contribution in [1.29, 1.82) is 0 Å². The van der Waals surface area contributed by atoms with Crippen LogP contribution in [-0.4, -0.2) is 84.4 Å². The lowest BCUT2D eigenvalue weighted by Gasteiger charge is -2.27. The van der Waals surface area contributed by atoms with Gasteiger partial charge in [-0.2, -0.15) is 0 Å². The molecule has 1 aromatic carbocycles. The average molecular weight is 583 g/mol. The third kappa shape index (κ3) is 11.7. The number of urea groups is 1. The monoisotopic (exact) mass is 582 g/mol. The number of aromatic nitrogens is 1. The molecule has 11 heteroatoms. The first-order valence-corrected chi connectivity index (χ1v) is 14.8. The molecule has 3 rings (SSSR count). The molecule has 0 bridgehead atoms. The molecule has 11 nitrogen and oxygen atoms in total. The number of amides is 4. The van der Waals surface area contributed by atoms with Crippen LogP contribution in [0.5, 0.6) is 0 Å². The number of benzene rings is 1. The van der Waals surface area contributed by atoms with Crippen LogP contribution in [0.4, 0.5) is 21.0 Å². The van der Waals surface area contributed by atoms with Gasteiger partial charge in [-0.15, -0.1) is 0 Å². The van der Waals surface area contributed by atoms with Crippen molar-refractivity contribution in [3.8, 4) is 0 Å². The fourth-order valence-electron chi connectivity index (χ4n) is 4.41. The highest BCUT2D eigenvalue weighted by molar-refractivity contribution is 6.05. The normalized spacial score (nSPS) is 13.7. The van der Waals surface area contributed by atoms with Gasteiger partial charge in [0.05, 0.1) is 24.6 Å². The maximum absolute atomic E-state index is 13.0. The molecule has 0 radical (unpaired) electrons. The van der Waals surface area contributed by atoms with Crippen LogP contribution in [0.25, 0.3) is 0 Å². The van der Waals surface area contributed by atoms with Gasteiger partial charge in [0.25, 0.3) is 5.91 Å². The van der Waals surface area contributed by atoms with Crippen LogP contribution < -0.4 is 16.0 Å². The Bertz CT molecular complexity index is 1150. The summed E-state index contributed by atoms with van der Waals surface area (Å²) in [6.45, 7) is 13.7.